The summed E-state index contributed by atoms with van der Waals surface area (Å²) in [5.41, 5.74) is 2.24. The Bertz CT molecular complexity index is 867. The van der Waals surface area contributed by atoms with Gasteiger partial charge in [-0.2, -0.15) is 0 Å². The number of rotatable bonds is 7. The van der Waals surface area contributed by atoms with Gasteiger partial charge in [0.2, 0.25) is 0 Å². The standard InChI is InChI=1S/C28H34O3.H3N/c29-27(22-13-6-2-7-14-22)24-16-10-15-23(20-24)26(19-21-11-4-1-5-12-21)28(30)31-25-17-8-3-9-18-25;/h2,6-7,10,13-16,20-21,25-26H,1,3-5,8-9,11-12,17-19H2;1H3. The predicted molar refractivity (Wildman–Crippen MR) is 128 cm³/mol. The molecule has 2 aliphatic carbocycles. The van der Waals surface area contributed by atoms with E-state index in [0.717, 1.165) is 37.7 Å². The molecule has 0 aliphatic heterocycles. The van der Waals surface area contributed by atoms with Crippen LogP contribution in [-0.2, 0) is 9.53 Å². The summed E-state index contributed by atoms with van der Waals surface area (Å²) in [6.45, 7) is 0. The third-order valence-electron chi connectivity index (χ3n) is 7.00. The Labute approximate surface area is 192 Å². The molecule has 0 amide bonds. The summed E-state index contributed by atoms with van der Waals surface area (Å²) >= 11 is 0. The van der Waals surface area contributed by atoms with Gasteiger partial charge in [0.05, 0.1) is 5.92 Å². The van der Waals surface area contributed by atoms with Gasteiger partial charge in [0.25, 0.3) is 0 Å². The highest BCUT2D eigenvalue weighted by Gasteiger charge is 2.30. The molecule has 32 heavy (non-hydrogen) atoms. The Morgan fingerprint density at radius 1 is 0.781 bits per heavy atom. The van der Waals surface area contributed by atoms with E-state index in [1.54, 1.807) is 0 Å². The Kier molecular flexibility index (Phi) is 9.04. The summed E-state index contributed by atoms with van der Waals surface area (Å²) in [7, 11) is 0. The lowest BCUT2D eigenvalue weighted by Crippen LogP contribution is -2.27. The molecule has 0 heterocycles. The summed E-state index contributed by atoms with van der Waals surface area (Å²) in [5, 5.41) is 0. The minimum absolute atomic E-state index is 0. The van der Waals surface area contributed by atoms with Crippen LogP contribution in [0.15, 0.2) is 54.6 Å². The number of carbonyl (C=O) groups is 2. The topological polar surface area (TPSA) is 78.4 Å². The van der Waals surface area contributed by atoms with Crippen LogP contribution in [0.2, 0.25) is 0 Å². The van der Waals surface area contributed by atoms with Crippen molar-refractivity contribution in [3.8, 4) is 0 Å². The van der Waals surface area contributed by atoms with Crippen LogP contribution >= 0.6 is 0 Å². The molecule has 0 radical (unpaired) electrons. The second-order valence-electron chi connectivity index (χ2n) is 9.31. The molecular formula is C28H37NO3. The molecule has 0 bridgehead atoms. The molecular weight excluding hydrogens is 398 g/mol. The van der Waals surface area contributed by atoms with Crippen LogP contribution < -0.4 is 6.15 Å². The van der Waals surface area contributed by atoms with Gasteiger partial charge in [0, 0.05) is 11.1 Å². The molecule has 2 aliphatic rings. The van der Waals surface area contributed by atoms with E-state index >= 15 is 0 Å². The number of esters is 1. The molecule has 4 heteroatoms. The van der Waals surface area contributed by atoms with Gasteiger partial charge in [-0.15, -0.1) is 0 Å². The third-order valence-corrected chi connectivity index (χ3v) is 7.00. The maximum Gasteiger partial charge on any atom is 0.313 e. The van der Waals surface area contributed by atoms with Crippen molar-refractivity contribution in [3.05, 3.63) is 71.3 Å². The van der Waals surface area contributed by atoms with Crippen molar-refractivity contribution in [2.75, 3.05) is 0 Å². The molecule has 0 saturated heterocycles. The zero-order valence-electron chi connectivity index (χ0n) is 19.1. The maximum atomic E-state index is 13.3. The lowest BCUT2D eigenvalue weighted by molar-refractivity contribution is -0.153. The number of hydrogen-bond donors (Lipinski definition) is 1. The van der Waals surface area contributed by atoms with Crippen molar-refractivity contribution in [1.29, 1.82) is 0 Å². The van der Waals surface area contributed by atoms with Gasteiger partial charge in [-0.25, -0.2) is 0 Å². The summed E-state index contributed by atoms with van der Waals surface area (Å²) in [6, 6.07) is 17.0. The van der Waals surface area contributed by atoms with Crippen LogP contribution in [0.1, 0.15) is 98.0 Å². The lowest BCUT2D eigenvalue weighted by Gasteiger charge is -2.28. The first-order chi connectivity index (χ1) is 15.2. The molecule has 172 valence electrons. The molecule has 0 spiro atoms. The highest BCUT2D eigenvalue weighted by Crippen LogP contribution is 2.35. The molecule has 4 rings (SSSR count). The Morgan fingerprint density at radius 3 is 2.09 bits per heavy atom. The van der Waals surface area contributed by atoms with E-state index in [4.69, 9.17) is 4.74 Å². The van der Waals surface area contributed by atoms with Crippen LogP contribution in [0, 0.1) is 5.92 Å². The van der Waals surface area contributed by atoms with E-state index in [2.05, 4.69) is 0 Å². The first-order valence-electron chi connectivity index (χ1n) is 12.1. The van der Waals surface area contributed by atoms with Gasteiger partial charge in [-0.05, 0) is 49.7 Å². The summed E-state index contributed by atoms with van der Waals surface area (Å²) < 4.78 is 6.01. The second kappa shape index (κ2) is 12.0. The average molecular weight is 436 g/mol. The summed E-state index contributed by atoms with van der Waals surface area (Å²) in [6.07, 6.45) is 12.6. The molecule has 1 atom stereocenters. The minimum Gasteiger partial charge on any atom is -0.462 e. The number of carbonyl (C=O) groups excluding carboxylic acids is 2. The fourth-order valence-corrected chi connectivity index (χ4v) is 5.21. The average Bonchev–Trinajstić information content (AvgIpc) is 2.84. The number of hydrogen-bond acceptors (Lipinski definition) is 4. The fraction of sp³-hybridized carbons (Fsp3) is 0.500. The van der Waals surface area contributed by atoms with E-state index < -0.39 is 0 Å². The summed E-state index contributed by atoms with van der Waals surface area (Å²) in [4.78, 5) is 26.3. The van der Waals surface area contributed by atoms with E-state index in [9.17, 15) is 9.59 Å². The third kappa shape index (κ3) is 6.29. The highest BCUT2D eigenvalue weighted by atomic mass is 16.5. The van der Waals surface area contributed by atoms with E-state index in [0.29, 0.717) is 17.0 Å². The fourth-order valence-electron chi connectivity index (χ4n) is 5.21. The van der Waals surface area contributed by atoms with Crippen LogP contribution in [0.4, 0.5) is 0 Å². The first-order valence-corrected chi connectivity index (χ1v) is 12.1. The Balaban J connectivity index is 0.00000289. The van der Waals surface area contributed by atoms with Gasteiger partial charge in [0.1, 0.15) is 6.10 Å². The molecule has 2 aromatic rings. The van der Waals surface area contributed by atoms with Gasteiger partial charge < -0.3 is 10.9 Å². The molecule has 2 aromatic carbocycles. The minimum atomic E-state index is -0.284. The lowest BCUT2D eigenvalue weighted by atomic mass is 9.80. The SMILES string of the molecule is N.O=C(c1ccccc1)c1cccc(C(CC2CCCCC2)C(=O)OC2CCCCC2)c1. The number of benzene rings is 2. The van der Waals surface area contributed by atoms with Crippen molar-refractivity contribution in [1.82, 2.24) is 6.15 Å². The molecule has 4 nitrogen and oxygen atoms in total. The van der Waals surface area contributed by atoms with Crippen molar-refractivity contribution >= 4 is 11.8 Å². The van der Waals surface area contributed by atoms with Gasteiger partial charge in [-0.3, -0.25) is 9.59 Å². The Hall–Kier alpha value is -2.46. The monoisotopic (exact) mass is 435 g/mol. The maximum absolute atomic E-state index is 13.3. The van der Waals surface area contributed by atoms with Crippen LogP contribution in [-0.4, -0.2) is 17.9 Å². The summed E-state index contributed by atoms with van der Waals surface area (Å²) in [5.74, 6) is 0.181. The van der Waals surface area contributed by atoms with Crippen LogP contribution in [0.25, 0.3) is 0 Å². The number of ketones is 1. The van der Waals surface area contributed by atoms with E-state index in [-0.39, 0.29) is 29.9 Å². The van der Waals surface area contributed by atoms with Gasteiger partial charge >= 0.3 is 5.97 Å². The number of ether oxygens (including phenoxy) is 1. The first kappa shape index (κ1) is 24.2. The zero-order valence-corrected chi connectivity index (χ0v) is 19.1. The van der Waals surface area contributed by atoms with Crippen molar-refractivity contribution in [2.45, 2.75) is 82.7 Å². The van der Waals surface area contributed by atoms with Crippen LogP contribution in [0.3, 0.4) is 0 Å². The van der Waals surface area contributed by atoms with Crippen molar-refractivity contribution in [2.24, 2.45) is 5.92 Å². The van der Waals surface area contributed by atoms with E-state index in [1.807, 2.05) is 54.6 Å². The highest BCUT2D eigenvalue weighted by molar-refractivity contribution is 6.09. The molecule has 2 fully saturated rings. The predicted octanol–water partition coefficient (Wildman–Crippen LogP) is 7.01. The smallest absolute Gasteiger partial charge is 0.313 e. The Morgan fingerprint density at radius 2 is 1.41 bits per heavy atom. The molecule has 1 unspecified atom stereocenters. The molecule has 3 N–H and O–H groups in total. The van der Waals surface area contributed by atoms with E-state index in [1.165, 1.54) is 38.5 Å². The molecule has 0 aromatic heterocycles. The normalized spacial score (nSPS) is 18.4. The van der Waals surface area contributed by atoms with Gasteiger partial charge in [-0.1, -0.05) is 87.1 Å². The van der Waals surface area contributed by atoms with Crippen molar-refractivity contribution in [3.63, 3.8) is 0 Å². The molecule has 2 saturated carbocycles. The second-order valence-corrected chi connectivity index (χ2v) is 9.31. The van der Waals surface area contributed by atoms with Crippen molar-refractivity contribution < 1.29 is 14.3 Å². The quantitative estimate of drug-likeness (QED) is 0.375. The largest absolute Gasteiger partial charge is 0.462 e. The zero-order chi connectivity index (χ0) is 21.5. The van der Waals surface area contributed by atoms with Crippen LogP contribution in [0.5, 0.6) is 0 Å². The van der Waals surface area contributed by atoms with Gasteiger partial charge in [0.15, 0.2) is 5.78 Å².